The lowest BCUT2D eigenvalue weighted by Gasteiger charge is -1.99. The minimum absolute atomic E-state index is 0.810. The lowest BCUT2D eigenvalue weighted by Crippen LogP contribution is -2.02. The fraction of sp³-hybridized carbons (Fsp3) is 0.250. The summed E-state index contributed by atoms with van der Waals surface area (Å²) in [6, 6.07) is 8.07. The highest BCUT2D eigenvalue weighted by atomic mass is 16.3. The maximum absolute atomic E-state index is 5.79. The van der Waals surface area contributed by atoms with Crippen LogP contribution in [0, 0.1) is 0 Å². The van der Waals surface area contributed by atoms with Gasteiger partial charge in [0, 0.05) is 11.9 Å². The molecule has 0 fully saturated rings. The zero-order chi connectivity index (χ0) is 10.3. The molecule has 3 nitrogen and oxygen atoms in total. The topological polar surface area (TPSA) is 37.5 Å². The number of aliphatic imine (C=N–C) groups is 1. The van der Waals surface area contributed by atoms with E-state index in [1.165, 1.54) is 0 Å². The molecule has 0 bridgehead atoms. The van der Waals surface area contributed by atoms with E-state index in [4.69, 9.17) is 4.42 Å². The van der Waals surface area contributed by atoms with Crippen molar-refractivity contribution in [3.8, 4) is 0 Å². The van der Waals surface area contributed by atoms with Crippen LogP contribution in [0.2, 0.25) is 0 Å². The van der Waals surface area contributed by atoms with Gasteiger partial charge in [0.2, 0.25) is 0 Å². The standard InChI is InChI=1S/C12H12N2O/c1-8-12-11(14-7-6-13-8)9-4-2-3-5-10(9)15-12/h2-5,14H,6-7H2,1H3. The second-order valence-electron chi connectivity index (χ2n) is 3.70. The molecule has 1 aromatic carbocycles. The molecular formula is C12H12N2O. The van der Waals surface area contributed by atoms with Crippen LogP contribution in [0.25, 0.3) is 11.0 Å². The zero-order valence-electron chi connectivity index (χ0n) is 8.58. The molecule has 0 saturated heterocycles. The fourth-order valence-electron chi connectivity index (χ4n) is 1.95. The Bertz CT molecular complexity index is 540. The molecule has 0 radical (unpaired) electrons. The molecule has 1 aliphatic rings. The van der Waals surface area contributed by atoms with Gasteiger partial charge in [-0.15, -0.1) is 0 Å². The summed E-state index contributed by atoms with van der Waals surface area (Å²) in [5.41, 5.74) is 2.99. The van der Waals surface area contributed by atoms with E-state index in [0.29, 0.717) is 0 Å². The number of nitrogens with zero attached hydrogens (tertiary/aromatic N) is 1. The predicted molar refractivity (Wildman–Crippen MR) is 61.8 cm³/mol. The van der Waals surface area contributed by atoms with Crippen molar-refractivity contribution in [1.29, 1.82) is 0 Å². The number of nitrogens with one attached hydrogen (secondary N) is 1. The van der Waals surface area contributed by atoms with E-state index in [0.717, 1.165) is 41.2 Å². The van der Waals surface area contributed by atoms with Crippen LogP contribution in [0.3, 0.4) is 0 Å². The predicted octanol–water partition coefficient (Wildman–Crippen LogP) is 2.67. The minimum atomic E-state index is 0.810. The van der Waals surface area contributed by atoms with Gasteiger partial charge >= 0.3 is 0 Å². The average Bonchev–Trinajstić information content (AvgIpc) is 2.54. The summed E-state index contributed by atoms with van der Waals surface area (Å²) in [4.78, 5) is 4.42. The molecule has 0 aliphatic carbocycles. The van der Waals surface area contributed by atoms with Crippen LogP contribution in [0.15, 0.2) is 33.7 Å². The highest BCUT2D eigenvalue weighted by molar-refractivity contribution is 6.08. The number of para-hydroxylation sites is 1. The molecule has 0 saturated carbocycles. The Kier molecular flexibility index (Phi) is 1.78. The smallest absolute Gasteiger partial charge is 0.171 e. The summed E-state index contributed by atoms with van der Waals surface area (Å²) in [7, 11) is 0. The summed E-state index contributed by atoms with van der Waals surface area (Å²) >= 11 is 0. The van der Waals surface area contributed by atoms with Crippen molar-refractivity contribution in [2.24, 2.45) is 4.99 Å². The van der Waals surface area contributed by atoms with E-state index < -0.39 is 0 Å². The molecule has 15 heavy (non-hydrogen) atoms. The van der Waals surface area contributed by atoms with Crippen molar-refractivity contribution in [3.05, 3.63) is 30.0 Å². The molecule has 3 rings (SSSR count). The van der Waals surface area contributed by atoms with Crippen LogP contribution in [-0.4, -0.2) is 18.8 Å². The number of benzene rings is 1. The number of fused-ring (bicyclic) bond motifs is 3. The van der Waals surface area contributed by atoms with Crippen LogP contribution in [0.5, 0.6) is 0 Å². The quantitative estimate of drug-likeness (QED) is 0.709. The minimum Gasteiger partial charge on any atom is -0.453 e. The van der Waals surface area contributed by atoms with Crippen molar-refractivity contribution < 1.29 is 4.42 Å². The van der Waals surface area contributed by atoms with E-state index in [-0.39, 0.29) is 0 Å². The maximum atomic E-state index is 5.79. The number of hydrogen-bond acceptors (Lipinski definition) is 3. The summed E-state index contributed by atoms with van der Waals surface area (Å²) in [5.74, 6) is 0.883. The van der Waals surface area contributed by atoms with E-state index in [2.05, 4.69) is 16.4 Å². The van der Waals surface area contributed by atoms with Gasteiger partial charge in [0.1, 0.15) is 5.58 Å². The summed E-state index contributed by atoms with van der Waals surface area (Å²) in [5, 5.41) is 4.51. The number of hydrogen-bond donors (Lipinski definition) is 1. The van der Waals surface area contributed by atoms with Gasteiger partial charge in [-0.1, -0.05) is 12.1 Å². The average molecular weight is 200 g/mol. The molecule has 3 heteroatoms. The van der Waals surface area contributed by atoms with Crippen molar-refractivity contribution >= 4 is 22.4 Å². The normalized spacial score (nSPS) is 15.4. The van der Waals surface area contributed by atoms with Crippen molar-refractivity contribution in [3.63, 3.8) is 0 Å². The second-order valence-corrected chi connectivity index (χ2v) is 3.70. The first kappa shape index (κ1) is 8.53. The number of anilines is 1. The molecule has 0 atom stereocenters. The van der Waals surface area contributed by atoms with Crippen molar-refractivity contribution in [1.82, 2.24) is 0 Å². The summed E-state index contributed by atoms with van der Waals surface area (Å²) in [6.45, 7) is 3.67. The maximum Gasteiger partial charge on any atom is 0.171 e. The Balaban J connectivity index is 2.34. The van der Waals surface area contributed by atoms with Crippen LogP contribution < -0.4 is 5.32 Å². The first-order valence-electron chi connectivity index (χ1n) is 5.13. The largest absolute Gasteiger partial charge is 0.453 e. The molecule has 76 valence electrons. The van der Waals surface area contributed by atoms with E-state index in [1.54, 1.807) is 0 Å². The lowest BCUT2D eigenvalue weighted by molar-refractivity contribution is 0.606. The number of furan rings is 1. The fourth-order valence-corrected chi connectivity index (χ4v) is 1.95. The van der Waals surface area contributed by atoms with Gasteiger partial charge in [-0.3, -0.25) is 4.99 Å². The molecular weight excluding hydrogens is 188 g/mol. The Morgan fingerprint density at radius 3 is 3.13 bits per heavy atom. The molecule has 0 unspecified atom stereocenters. The highest BCUT2D eigenvalue weighted by Gasteiger charge is 2.17. The third kappa shape index (κ3) is 1.23. The Labute approximate surface area is 87.8 Å². The summed E-state index contributed by atoms with van der Waals surface area (Å²) in [6.07, 6.45) is 0. The molecule has 1 aromatic heterocycles. The Hall–Kier alpha value is -1.77. The zero-order valence-corrected chi connectivity index (χ0v) is 8.58. The monoisotopic (exact) mass is 200 g/mol. The summed E-state index contributed by atoms with van der Waals surface area (Å²) < 4.78 is 5.79. The Morgan fingerprint density at radius 1 is 1.33 bits per heavy atom. The van der Waals surface area contributed by atoms with Gasteiger partial charge in [0.05, 0.1) is 17.9 Å². The van der Waals surface area contributed by atoms with Gasteiger partial charge in [-0.2, -0.15) is 0 Å². The molecule has 0 amide bonds. The first-order valence-corrected chi connectivity index (χ1v) is 5.13. The molecule has 1 aliphatic heterocycles. The van der Waals surface area contributed by atoms with Gasteiger partial charge < -0.3 is 9.73 Å². The van der Waals surface area contributed by atoms with E-state index in [1.807, 2.05) is 25.1 Å². The van der Waals surface area contributed by atoms with Crippen molar-refractivity contribution in [2.75, 3.05) is 18.4 Å². The molecule has 1 N–H and O–H groups in total. The first-order chi connectivity index (χ1) is 7.36. The second kappa shape index (κ2) is 3.12. The third-order valence-corrected chi connectivity index (χ3v) is 2.69. The lowest BCUT2D eigenvalue weighted by atomic mass is 10.2. The Morgan fingerprint density at radius 2 is 2.20 bits per heavy atom. The highest BCUT2D eigenvalue weighted by Crippen LogP contribution is 2.31. The SMILES string of the molecule is CC1=NCCNc2c1oc1ccccc21. The van der Waals surface area contributed by atoms with Crippen LogP contribution >= 0.6 is 0 Å². The van der Waals surface area contributed by atoms with Gasteiger partial charge in [0.25, 0.3) is 0 Å². The molecule has 2 aromatic rings. The third-order valence-electron chi connectivity index (χ3n) is 2.69. The van der Waals surface area contributed by atoms with Crippen molar-refractivity contribution in [2.45, 2.75) is 6.92 Å². The van der Waals surface area contributed by atoms with Gasteiger partial charge in [-0.25, -0.2) is 0 Å². The van der Waals surface area contributed by atoms with Crippen LogP contribution in [0.1, 0.15) is 12.7 Å². The van der Waals surface area contributed by atoms with Crippen LogP contribution in [0.4, 0.5) is 5.69 Å². The van der Waals surface area contributed by atoms with Gasteiger partial charge in [0.15, 0.2) is 5.76 Å². The van der Waals surface area contributed by atoms with E-state index >= 15 is 0 Å². The molecule has 0 spiro atoms. The number of rotatable bonds is 0. The van der Waals surface area contributed by atoms with Gasteiger partial charge in [-0.05, 0) is 19.1 Å². The van der Waals surface area contributed by atoms with E-state index in [9.17, 15) is 0 Å². The van der Waals surface area contributed by atoms with Crippen LogP contribution in [-0.2, 0) is 0 Å². The molecule has 2 heterocycles.